The lowest BCUT2D eigenvalue weighted by Gasteiger charge is -1.81. The largest absolute Gasteiger partial charge is 0.394 e. The van der Waals surface area contributed by atoms with Gasteiger partial charge in [0.1, 0.15) is 0 Å². The molecule has 0 heterocycles. The van der Waals surface area contributed by atoms with E-state index in [-0.39, 0.29) is 12.3 Å². The quantitative estimate of drug-likeness (QED) is 0.294. The molecule has 1 amide bonds. The highest BCUT2D eigenvalue weighted by molar-refractivity contribution is 7.79. The van der Waals surface area contributed by atoms with E-state index in [0.717, 1.165) is 0 Å². The summed E-state index contributed by atoms with van der Waals surface area (Å²) in [5.74, 6) is -0.435. The van der Waals surface area contributed by atoms with Crippen molar-refractivity contribution in [3.8, 4) is 0 Å². The third kappa shape index (κ3) is 99.0. The molecule has 0 aliphatic heterocycles. The molecule has 0 rings (SSSR count). The van der Waals surface area contributed by atoms with Crippen molar-refractivity contribution < 1.29 is 22.3 Å². The van der Waals surface area contributed by atoms with E-state index in [1.807, 2.05) is 0 Å². The van der Waals surface area contributed by atoms with Gasteiger partial charge in [-0.25, -0.2) is 0 Å². The first-order chi connectivity index (χ1) is 4.64. The van der Waals surface area contributed by atoms with E-state index in [2.05, 4.69) is 6.58 Å². The van der Waals surface area contributed by atoms with Crippen molar-refractivity contribution in [3.05, 3.63) is 12.2 Å². The molecular weight excluding hydrogens is 202 g/mol. The Balaban J connectivity index is -0.0000000546. The number of carbonyl (C=O) groups excluding carboxylic acids is 1. The molecule has 0 aromatic heterocycles. The van der Waals surface area contributed by atoms with Gasteiger partial charge in [0.2, 0.25) is 5.91 Å². The van der Waals surface area contributed by atoms with Crippen molar-refractivity contribution in [2.45, 2.75) is 6.92 Å². The van der Waals surface area contributed by atoms with Gasteiger partial charge in [-0.3, -0.25) is 13.9 Å². The Hall–Kier alpha value is -1.00. The molecule has 0 aliphatic carbocycles. The first-order valence-electron chi connectivity index (χ1n) is 2.29. The maximum atomic E-state index is 9.82. The highest BCUT2D eigenvalue weighted by atomic mass is 32.3. The number of hydrogen-bond acceptors (Lipinski definition) is 5. The molecule has 0 spiro atoms. The fourth-order valence-electron chi connectivity index (χ4n) is 0. The molecule has 0 bridgehead atoms. The second-order valence-electron chi connectivity index (χ2n) is 1.59. The molecule has 0 atom stereocenters. The molecule has 0 saturated carbocycles. The van der Waals surface area contributed by atoms with Gasteiger partial charge in [-0.2, -0.15) is 8.42 Å². The van der Waals surface area contributed by atoms with Gasteiger partial charge >= 0.3 is 10.4 Å². The van der Waals surface area contributed by atoms with Gasteiger partial charge in [0.15, 0.2) is 0 Å². The van der Waals surface area contributed by atoms with Crippen LogP contribution in [0.5, 0.6) is 0 Å². The van der Waals surface area contributed by atoms with Crippen LogP contribution >= 0.6 is 0 Å². The highest BCUT2D eigenvalue weighted by Crippen LogP contribution is 1.78. The van der Waals surface area contributed by atoms with E-state index < -0.39 is 16.3 Å². The van der Waals surface area contributed by atoms with Crippen LogP contribution in [0.1, 0.15) is 6.92 Å². The van der Waals surface area contributed by atoms with Crippen molar-refractivity contribution in [1.29, 1.82) is 0 Å². The lowest BCUT2D eigenvalue weighted by Crippen LogP contribution is -2.10. The fourth-order valence-corrected chi connectivity index (χ4v) is 0. The second kappa shape index (κ2) is 9.09. The van der Waals surface area contributed by atoms with Gasteiger partial charge < -0.3 is 18.0 Å². The summed E-state index contributed by atoms with van der Waals surface area (Å²) in [4.78, 5) is 9.82. The third-order valence-electron chi connectivity index (χ3n) is 0.421. The minimum atomic E-state index is -4.67. The maximum Gasteiger partial charge on any atom is 0.394 e. The zero-order chi connectivity index (χ0) is 9.65. The average Bonchev–Trinajstić information content (AvgIpc) is 1.59. The molecule has 0 fully saturated rings. The van der Waals surface area contributed by atoms with Gasteiger partial charge in [0, 0.05) is 5.57 Å². The van der Waals surface area contributed by atoms with Crippen LogP contribution in [0.4, 0.5) is 0 Å². The van der Waals surface area contributed by atoms with Crippen LogP contribution in [0.2, 0.25) is 0 Å². The number of primary amides is 1. The van der Waals surface area contributed by atoms with E-state index in [4.69, 9.17) is 23.3 Å². The van der Waals surface area contributed by atoms with Crippen molar-refractivity contribution in [2.75, 3.05) is 0 Å². The Morgan fingerprint density at radius 1 is 1.31 bits per heavy atom. The zero-order valence-electron chi connectivity index (χ0n) is 7.23. The number of hydrogen-bond donors (Lipinski definition) is 5. The second-order valence-corrected chi connectivity index (χ2v) is 2.49. The molecule has 0 aromatic rings. The average molecular weight is 217 g/mol. The topological polar surface area (TPSA) is 188 Å². The lowest BCUT2D eigenvalue weighted by atomic mass is 10.3. The molecule has 13 heavy (non-hydrogen) atoms. The van der Waals surface area contributed by atoms with E-state index in [1.54, 1.807) is 6.92 Å². The van der Waals surface area contributed by atoms with Gasteiger partial charge in [-0.05, 0) is 6.92 Å². The SMILES string of the molecule is C=C(C)C(N)=O.N.N.O=S(=O)(O)O. The lowest BCUT2D eigenvalue weighted by molar-refractivity contribution is -0.114. The summed E-state index contributed by atoms with van der Waals surface area (Å²) < 4.78 is 31.6. The summed E-state index contributed by atoms with van der Waals surface area (Å²) in [5, 5.41) is 0. The minimum Gasteiger partial charge on any atom is -0.366 e. The maximum absolute atomic E-state index is 9.82. The van der Waals surface area contributed by atoms with E-state index >= 15 is 0 Å². The normalized spacial score (nSPS) is 7.92. The molecule has 0 aliphatic rings. The van der Waals surface area contributed by atoms with Crippen LogP contribution in [0, 0.1) is 0 Å². The summed E-state index contributed by atoms with van der Waals surface area (Å²) in [7, 11) is -4.67. The smallest absolute Gasteiger partial charge is 0.366 e. The number of amides is 1. The Bertz CT molecular complexity index is 227. The number of rotatable bonds is 1. The molecule has 9 heteroatoms. The van der Waals surface area contributed by atoms with Crippen LogP contribution in [-0.2, 0) is 15.2 Å². The standard InChI is InChI=1S/C4H7NO.2H3N.H2O4S/c1-3(2)4(5)6;;;1-5(2,3)4/h1H2,2H3,(H2,5,6);2*1H3;(H2,1,2,3,4). The summed E-state index contributed by atoms with van der Waals surface area (Å²) >= 11 is 0. The highest BCUT2D eigenvalue weighted by Gasteiger charge is 1.86. The Labute approximate surface area is 76.6 Å². The Kier molecular flexibility index (Phi) is 15.9. The third-order valence-corrected chi connectivity index (χ3v) is 0.421. The van der Waals surface area contributed by atoms with E-state index in [9.17, 15) is 4.79 Å². The number of nitrogens with two attached hydrogens (primary N) is 1. The molecular formula is C4H15N3O5S. The van der Waals surface area contributed by atoms with E-state index in [1.165, 1.54) is 0 Å². The van der Waals surface area contributed by atoms with Crippen molar-refractivity contribution in [3.63, 3.8) is 0 Å². The fraction of sp³-hybridized carbons (Fsp3) is 0.250. The molecule has 0 aromatic carbocycles. The molecule has 8 nitrogen and oxygen atoms in total. The number of carbonyl (C=O) groups is 1. The van der Waals surface area contributed by atoms with Crippen molar-refractivity contribution >= 4 is 16.3 Å². The van der Waals surface area contributed by atoms with Crippen LogP contribution < -0.4 is 18.0 Å². The Morgan fingerprint density at radius 3 is 1.38 bits per heavy atom. The predicted molar refractivity (Wildman–Crippen MR) is 48.2 cm³/mol. The molecule has 0 radical (unpaired) electrons. The zero-order valence-corrected chi connectivity index (χ0v) is 8.04. The van der Waals surface area contributed by atoms with Crippen molar-refractivity contribution in [1.82, 2.24) is 12.3 Å². The van der Waals surface area contributed by atoms with Gasteiger partial charge in [0.05, 0.1) is 0 Å². The van der Waals surface area contributed by atoms with Crippen molar-refractivity contribution in [2.24, 2.45) is 5.73 Å². The molecule has 0 unspecified atom stereocenters. The first-order valence-corrected chi connectivity index (χ1v) is 3.69. The summed E-state index contributed by atoms with van der Waals surface area (Å²) in [6.45, 7) is 4.85. The van der Waals surface area contributed by atoms with Crippen LogP contribution in [0.25, 0.3) is 0 Å². The van der Waals surface area contributed by atoms with Gasteiger partial charge in [-0.15, -0.1) is 0 Å². The van der Waals surface area contributed by atoms with Crippen LogP contribution in [-0.4, -0.2) is 23.4 Å². The summed E-state index contributed by atoms with van der Waals surface area (Å²) in [6, 6.07) is 0. The summed E-state index contributed by atoms with van der Waals surface area (Å²) in [6.07, 6.45) is 0. The predicted octanol–water partition coefficient (Wildman–Crippen LogP) is -0.281. The molecule has 0 saturated heterocycles. The Morgan fingerprint density at radius 2 is 1.38 bits per heavy atom. The van der Waals surface area contributed by atoms with Gasteiger partial charge in [-0.1, -0.05) is 6.58 Å². The van der Waals surface area contributed by atoms with Gasteiger partial charge in [0.25, 0.3) is 0 Å². The first kappa shape index (κ1) is 22.7. The molecule has 10 N–H and O–H groups in total. The molecule has 82 valence electrons. The van der Waals surface area contributed by atoms with E-state index in [0.29, 0.717) is 5.57 Å². The summed E-state index contributed by atoms with van der Waals surface area (Å²) in [5.41, 5.74) is 5.09. The van der Waals surface area contributed by atoms with Crippen LogP contribution in [0.15, 0.2) is 12.2 Å². The monoisotopic (exact) mass is 217 g/mol. The minimum absolute atomic E-state index is 0. The van der Waals surface area contributed by atoms with Crippen LogP contribution in [0.3, 0.4) is 0 Å².